The maximum absolute atomic E-state index is 12.2. The number of aryl methyl sites for hydroxylation is 3. The molecule has 0 aliphatic rings. The van der Waals surface area contributed by atoms with Crippen LogP contribution in [0.1, 0.15) is 44.2 Å². The molecular weight excluding hydrogens is 364 g/mol. The van der Waals surface area contributed by atoms with E-state index in [2.05, 4.69) is 4.98 Å². The second-order valence-electron chi connectivity index (χ2n) is 6.43. The summed E-state index contributed by atoms with van der Waals surface area (Å²) < 4.78 is 6.62. The molecule has 0 fully saturated rings. The molecule has 140 valence electrons. The number of hydrogen-bond acceptors (Lipinski definition) is 6. The first-order valence-corrected chi connectivity index (χ1v) is 9.40. The van der Waals surface area contributed by atoms with Gasteiger partial charge in [0.2, 0.25) is 0 Å². The molecule has 0 unspecified atom stereocenters. The molecule has 0 aromatic carbocycles. The Kier molecular flexibility index (Phi) is 5.51. The van der Waals surface area contributed by atoms with E-state index in [4.69, 9.17) is 4.74 Å². The molecule has 0 saturated carbocycles. The molecule has 3 aromatic rings. The Morgan fingerprint density at radius 3 is 2.63 bits per heavy atom. The summed E-state index contributed by atoms with van der Waals surface area (Å²) in [6.45, 7) is 5.66. The van der Waals surface area contributed by atoms with Gasteiger partial charge in [0.25, 0.3) is 5.56 Å². The summed E-state index contributed by atoms with van der Waals surface area (Å²) in [5.41, 5.74) is 2.31. The summed E-state index contributed by atoms with van der Waals surface area (Å²) >= 11 is 1.57. The number of nitrogens with zero attached hydrogens (tertiary/aromatic N) is 2. The minimum atomic E-state index is -0.487. The molecule has 0 N–H and O–H groups in total. The van der Waals surface area contributed by atoms with Gasteiger partial charge in [-0.25, -0.2) is 4.98 Å². The van der Waals surface area contributed by atoms with Crippen molar-refractivity contribution in [3.8, 4) is 0 Å². The number of esters is 1. The Hall–Kier alpha value is -2.80. The summed E-state index contributed by atoms with van der Waals surface area (Å²) in [6, 6.07) is 6.81. The zero-order valence-electron chi connectivity index (χ0n) is 15.4. The van der Waals surface area contributed by atoms with Crippen molar-refractivity contribution in [3.63, 3.8) is 0 Å². The highest BCUT2D eigenvalue weighted by Gasteiger charge is 2.15. The van der Waals surface area contributed by atoms with E-state index in [0.29, 0.717) is 16.9 Å². The average molecular weight is 384 g/mol. The Morgan fingerprint density at radius 2 is 1.93 bits per heavy atom. The van der Waals surface area contributed by atoms with Crippen molar-refractivity contribution in [3.05, 3.63) is 67.4 Å². The molecule has 0 spiro atoms. The van der Waals surface area contributed by atoms with E-state index < -0.39 is 5.97 Å². The molecule has 0 aliphatic carbocycles. The van der Waals surface area contributed by atoms with Gasteiger partial charge in [-0.2, -0.15) is 0 Å². The lowest BCUT2D eigenvalue weighted by molar-refractivity contribution is -0.145. The summed E-state index contributed by atoms with van der Waals surface area (Å²) in [5.74, 6) is -0.550. The third-order valence-electron chi connectivity index (χ3n) is 4.15. The van der Waals surface area contributed by atoms with Crippen LogP contribution in [0.5, 0.6) is 0 Å². The van der Waals surface area contributed by atoms with E-state index in [0.717, 1.165) is 15.3 Å². The molecule has 3 aromatic heterocycles. The molecular formula is C20H20N2O4S. The second kappa shape index (κ2) is 7.84. The number of pyridine rings is 1. The minimum Gasteiger partial charge on any atom is -0.459 e. The normalized spacial score (nSPS) is 10.9. The largest absolute Gasteiger partial charge is 0.459 e. The van der Waals surface area contributed by atoms with Gasteiger partial charge in [0.1, 0.15) is 12.3 Å². The predicted molar refractivity (Wildman–Crippen MR) is 103 cm³/mol. The molecule has 3 heterocycles. The van der Waals surface area contributed by atoms with E-state index in [-0.39, 0.29) is 30.8 Å². The fraction of sp³-hybridized carbons (Fsp3) is 0.300. The van der Waals surface area contributed by atoms with E-state index in [1.54, 1.807) is 23.6 Å². The average Bonchev–Trinajstić information content (AvgIpc) is 2.95. The van der Waals surface area contributed by atoms with Crippen LogP contribution < -0.4 is 5.56 Å². The maximum Gasteiger partial charge on any atom is 0.306 e. The SMILES string of the molecule is Cc1ccn2c(=O)cc(COC(=O)CCC(=O)c3cc(C)sc3C)nc2c1. The zero-order chi connectivity index (χ0) is 19.6. The third kappa shape index (κ3) is 4.49. The zero-order valence-corrected chi connectivity index (χ0v) is 16.3. The first-order valence-electron chi connectivity index (χ1n) is 8.58. The lowest BCUT2D eigenvalue weighted by Crippen LogP contribution is -2.17. The van der Waals surface area contributed by atoms with E-state index >= 15 is 0 Å². The number of carbonyl (C=O) groups excluding carboxylic acids is 2. The van der Waals surface area contributed by atoms with Crippen molar-refractivity contribution in [2.45, 2.75) is 40.2 Å². The van der Waals surface area contributed by atoms with Crippen molar-refractivity contribution in [1.82, 2.24) is 9.38 Å². The first kappa shape index (κ1) is 19.0. The van der Waals surface area contributed by atoms with Crippen LogP contribution in [-0.2, 0) is 16.1 Å². The maximum atomic E-state index is 12.2. The van der Waals surface area contributed by atoms with Gasteiger partial charge in [-0.1, -0.05) is 0 Å². The molecule has 0 saturated heterocycles. The van der Waals surface area contributed by atoms with Gasteiger partial charge in [-0.3, -0.25) is 18.8 Å². The van der Waals surface area contributed by atoms with Crippen LogP contribution in [0.4, 0.5) is 0 Å². The van der Waals surface area contributed by atoms with Gasteiger partial charge >= 0.3 is 5.97 Å². The van der Waals surface area contributed by atoms with Crippen molar-refractivity contribution >= 4 is 28.7 Å². The van der Waals surface area contributed by atoms with Crippen molar-refractivity contribution in [1.29, 1.82) is 0 Å². The number of carbonyl (C=O) groups is 2. The van der Waals surface area contributed by atoms with Crippen molar-refractivity contribution < 1.29 is 14.3 Å². The highest BCUT2D eigenvalue weighted by atomic mass is 32.1. The van der Waals surface area contributed by atoms with Gasteiger partial charge in [-0.05, 0) is 44.5 Å². The first-order chi connectivity index (χ1) is 12.8. The van der Waals surface area contributed by atoms with Crippen molar-refractivity contribution in [2.75, 3.05) is 0 Å². The van der Waals surface area contributed by atoms with Crippen LogP contribution >= 0.6 is 11.3 Å². The predicted octanol–water partition coefficient (Wildman–Crippen LogP) is 3.39. The number of ether oxygens (including phenoxy) is 1. The standard InChI is InChI=1S/C20H20N2O4S/c1-12-6-7-22-18(8-12)21-15(10-19(22)24)11-26-20(25)5-4-17(23)16-9-13(2)27-14(16)3/h6-10H,4-5,11H2,1-3H3. The van der Waals surface area contributed by atoms with Gasteiger partial charge in [0.15, 0.2) is 5.78 Å². The van der Waals surface area contributed by atoms with E-state index in [1.807, 2.05) is 32.9 Å². The molecule has 3 rings (SSSR count). The van der Waals surface area contributed by atoms with Crippen LogP contribution in [0, 0.1) is 20.8 Å². The molecule has 0 atom stereocenters. The Bertz CT molecular complexity index is 1080. The number of ketones is 1. The number of thiophene rings is 1. The van der Waals surface area contributed by atoms with Crippen LogP contribution in [0.3, 0.4) is 0 Å². The molecule has 7 heteroatoms. The number of rotatable bonds is 6. The van der Waals surface area contributed by atoms with Crippen LogP contribution in [0.15, 0.2) is 35.3 Å². The molecule has 0 radical (unpaired) electrons. The number of aromatic nitrogens is 2. The fourth-order valence-corrected chi connectivity index (χ4v) is 3.75. The minimum absolute atomic E-state index is 0.00115. The smallest absolute Gasteiger partial charge is 0.306 e. The molecule has 27 heavy (non-hydrogen) atoms. The molecule has 0 amide bonds. The van der Waals surface area contributed by atoms with Gasteiger partial charge in [-0.15, -0.1) is 11.3 Å². The van der Waals surface area contributed by atoms with E-state index in [9.17, 15) is 14.4 Å². The number of hydrogen-bond donors (Lipinski definition) is 0. The number of fused-ring (bicyclic) bond motifs is 1. The van der Waals surface area contributed by atoms with Crippen LogP contribution in [-0.4, -0.2) is 21.1 Å². The quantitative estimate of drug-likeness (QED) is 0.481. The van der Waals surface area contributed by atoms with Gasteiger partial charge in [0, 0.05) is 34.0 Å². The second-order valence-corrected chi connectivity index (χ2v) is 7.89. The fourth-order valence-electron chi connectivity index (χ4n) is 2.81. The molecule has 6 nitrogen and oxygen atoms in total. The molecule has 0 aliphatic heterocycles. The summed E-state index contributed by atoms with van der Waals surface area (Å²) in [6.07, 6.45) is 1.76. The summed E-state index contributed by atoms with van der Waals surface area (Å²) in [7, 11) is 0. The Balaban J connectivity index is 1.59. The highest BCUT2D eigenvalue weighted by molar-refractivity contribution is 7.12. The topological polar surface area (TPSA) is 77.7 Å². The Labute approximate surface area is 160 Å². The van der Waals surface area contributed by atoms with E-state index in [1.165, 1.54) is 10.5 Å². The summed E-state index contributed by atoms with van der Waals surface area (Å²) in [5, 5.41) is 0. The monoisotopic (exact) mass is 384 g/mol. The van der Waals surface area contributed by atoms with Crippen LogP contribution in [0.25, 0.3) is 5.65 Å². The lowest BCUT2D eigenvalue weighted by Gasteiger charge is -2.06. The van der Waals surface area contributed by atoms with Crippen LogP contribution in [0.2, 0.25) is 0 Å². The van der Waals surface area contributed by atoms with Crippen molar-refractivity contribution in [2.24, 2.45) is 0 Å². The lowest BCUT2D eigenvalue weighted by atomic mass is 10.1. The number of Topliss-reactive ketones (excluding diaryl/α,β-unsaturated/α-hetero) is 1. The molecule has 0 bridgehead atoms. The highest BCUT2D eigenvalue weighted by Crippen LogP contribution is 2.22. The summed E-state index contributed by atoms with van der Waals surface area (Å²) in [4.78, 5) is 42.7. The Morgan fingerprint density at radius 1 is 1.15 bits per heavy atom. The van der Waals surface area contributed by atoms with Gasteiger partial charge < -0.3 is 4.74 Å². The third-order valence-corrected chi connectivity index (χ3v) is 5.12. The van der Waals surface area contributed by atoms with Gasteiger partial charge in [0.05, 0.1) is 12.1 Å².